The first kappa shape index (κ1) is 23.2. The molecule has 10 rings (SSSR count). The summed E-state index contributed by atoms with van der Waals surface area (Å²) in [6, 6.07) is 47.4. The lowest BCUT2D eigenvalue weighted by atomic mass is 10.0. The van der Waals surface area contributed by atoms with Gasteiger partial charge in [0.2, 0.25) is 5.95 Å². The highest BCUT2D eigenvalue weighted by molar-refractivity contribution is 7.99. The van der Waals surface area contributed by atoms with Crippen molar-refractivity contribution in [2.45, 2.75) is 9.79 Å². The molecule has 3 aromatic heterocycles. The molecular weight excluding hydrogens is 545 g/mol. The van der Waals surface area contributed by atoms with Crippen molar-refractivity contribution in [3.63, 3.8) is 0 Å². The van der Waals surface area contributed by atoms with E-state index in [-0.39, 0.29) is 0 Å². The Morgan fingerprint density at radius 3 is 2.19 bits per heavy atom. The maximum Gasteiger partial charge on any atom is 0.237 e. The molecule has 0 fully saturated rings. The molecule has 0 aliphatic carbocycles. The highest BCUT2D eigenvalue weighted by atomic mass is 32.2. The van der Waals surface area contributed by atoms with E-state index in [1.54, 1.807) is 0 Å². The summed E-state index contributed by atoms with van der Waals surface area (Å²) in [6.45, 7) is 0. The Labute approximate surface area is 250 Å². The van der Waals surface area contributed by atoms with E-state index < -0.39 is 0 Å². The molecule has 5 heteroatoms. The summed E-state index contributed by atoms with van der Waals surface area (Å²) in [6.07, 6.45) is 0. The molecule has 0 saturated heterocycles. The van der Waals surface area contributed by atoms with Crippen molar-refractivity contribution in [2.24, 2.45) is 0 Å². The lowest BCUT2D eigenvalue weighted by molar-refractivity contribution is 0.964. The SMILES string of the molecule is c1ccc(-c2nc(-n3c4ccccc4c4c5cccc6c5n(c43)-c3ccccc3S6)nc3c2ccc2ccccc23)cc1. The van der Waals surface area contributed by atoms with E-state index in [1.807, 2.05) is 11.8 Å². The van der Waals surface area contributed by atoms with Gasteiger partial charge in [0.05, 0.1) is 27.9 Å². The summed E-state index contributed by atoms with van der Waals surface area (Å²) in [4.78, 5) is 13.3. The number of benzene rings is 6. The van der Waals surface area contributed by atoms with Crippen molar-refractivity contribution in [3.8, 4) is 22.9 Å². The highest BCUT2D eigenvalue weighted by Crippen LogP contribution is 2.49. The van der Waals surface area contributed by atoms with Crippen LogP contribution in [0.1, 0.15) is 0 Å². The molecule has 0 spiro atoms. The average molecular weight is 567 g/mol. The normalized spacial score (nSPS) is 12.6. The van der Waals surface area contributed by atoms with Crippen LogP contribution in [0.4, 0.5) is 0 Å². The zero-order valence-electron chi connectivity index (χ0n) is 22.9. The van der Waals surface area contributed by atoms with Gasteiger partial charge in [-0.3, -0.25) is 9.13 Å². The number of fused-ring (bicyclic) bond motifs is 10. The van der Waals surface area contributed by atoms with Gasteiger partial charge in [-0.2, -0.15) is 0 Å². The minimum Gasteiger partial charge on any atom is -0.293 e. The van der Waals surface area contributed by atoms with Gasteiger partial charge in [-0.25, -0.2) is 9.97 Å². The Kier molecular flexibility index (Phi) is 4.62. The molecule has 43 heavy (non-hydrogen) atoms. The fourth-order valence-corrected chi connectivity index (χ4v) is 7.99. The van der Waals surface area contributed by atoms with E-state index >= 15 is 0 Å². The fourth-order valence-electron chi connectivity index (χ4n) is 6.90. The molecular formula is C38H22N4S. The van der Waals surface area contributed by atoms with Gasteiger partial charge >= 0.3 is 0 Å². The first-order chi connectivity index (χ1) is 21.3. The molecule has 0 radical (unpaired) electrons. The van der Waals surface area contributed by atoms with Crippen molar-refractivity contribution < 1.29 is 0 Å². The molecule has 4 heterocycles. The molecule has 0 amide bonds. The van der Waals surface area contributed by atoms with Crippen molar-refractivity contribution >= 4 is 66.3 Å². The van der Waals surface area contributed by atoms with Gasteiger partial charge in [-0.15, -0.1) is 0 Å². The Hall–Kier alpha value is -5.39. The Balaban J connectivity index is 1.44. The molecule has 200 valence electrons. The molecule has 0 unspecified atom stereocenters. The topological polar surface area (TPSA) is 35.6 Å². The summed E-state index contributed by atoms with van der Waals surface area (Å²) >= 11 is 1.84. The number of aromatic nitrogens is 4. The van der Waals surface area contributed by atoms with Crippen LogP contribution in [0.2, 0.25) is 0 Å². The van der Waals surface area contributed by atoms with Gasteiger partial charge < -0.3 is 0 Å². The number of para-hydroxylation sites is 3. The van der Waals surface area contributed by atoms with Crippen molar-refractivity contribution in [2.75, 3.05) is 0 Å². The standard InChI is InChI=1S/C38H22N4S/c1-2-12-24(13-3-1)34-28-22-21-23-11-4-5-14-25(23)35(28)40-38(39-34)42-29-17-7-6-15-26(29)33-27-16-10-20-32-36(27)41(37(33)42)30-18-8-9-19-31(30)43-32/h1-22H. The van der Waals surface area contributed by atoms with Gasteiger partial charge in [0.1, 0.15) is 5.65 Å². The van der Waals surface area contributed by atoms with Crippen molar-refractivity contribution in [3.05, 3.63) is 133 Å². The van der Waals surface area contributed by atoms with Crippen LogP contribution in [0, 0.1) is 0 Å². The third kappa shape index (κ3) is 3.12. The molecule has 1 aliphatic rings. The van der Waals surface area contributed by atoms with Crippen LogP contribution in [0.3, 0.4) is 0 Å². The summed E-state index contributed by atoms with van der Waals surface area (Å²) in [5, 5.41) is 7.02. The van der Waals surface area contributed by atoms with Crippen LogP contribution >= 0.6 is 11.8 Å². The zero-order chi connectivity index (χ0) is 28.1. The second kappa shape index (κ2) is 8.57. The third-order valence-corrected chi connectivity index (χ3v) is 9.82. The van der Waals surface area contributed by atoms with Gasteiger partial charge in [0, 0.05) is 42.3 Å². The predicted molar refractivity (Wildman–Crippen MR) is 178 cm³/mol. The minimum atomic E-state index is 0.671. The van der Waals surface area contributed by atoms with Crippen LogP contribution in [0.25, 0.3) is 77.4 Å². The highest BCUT2D eigenvalue weighted by Gasteiger charge is 2.28. The largest absolute Gasteiger partial charge is 0.293 e. The third-order valence-electron chi connectivity index (χ3n) is 8.71. The molecule has 0 bridgehead atoms. The smallest absolute Gasteiger partial charge is 0.237 e. The quantitative estimate of drug-likeness (QED) is 0.195. The minimum absolute atomic E-state index is 0.671. The zero-order valence-corrected chi connectivity index (χ0v) is 23.7. The van der Waals surface area contributed by atoms with Crippen molar-refractivity contribution in [1.29, 1.82) is 0 Å². The van der Waals surface area contributed by atoms with E-state index in [9.17, 15) is 0 Å². The molecule has 0 atom stereocenters. The molecule has 4 nitrogen and oxygen atoms in total. The first-order valence-corrected chi connectivity index (χ1v) is 15.3. The molecule has 1 aliphatic heterocycles. The van der Waals surface area contributed by atoms with Gasteiger partial charge in [0.15, 0.2) is 0 Å². The van der Waals surface area contributed by atoms with E-state index in [0.29, 0.717) is 5.95 Å². The van der Waals surface area contributed by atoms with Crippen LogP contribution in [0.15, 0.2) is 143 Å². The lowest BCUT2D eigenvalue weighted by Crippen LogP contribution is -2.08. The second-order valence-corrected chi connectivity index (χ2v) is 12.1. The first-order valence-electron chi connectivity index (χ1n) is 14.4. The summed E-state index contributed by atoms with van der Waals surface area (Å²) < 4.78 is 4.72. The number of hydrogen-bond acceptors (Lipinski definition) is 3. The Morgan fingerprint density at radius 2 is 1.26 bits per heavy atom. The maximum atomic E-state index is 5.41. The van der Waals surface area contributed by atoms with Crippen molar-refractivity contribution in [1.82, 2.24) is 19.1 Å². The van der Waals surface area contributed by atoms with E-state index in [0.717, 1.165) is 38.7 Å². The Bertz CT molecular complexity index is 2590. The Morgan fingerprint density at radius 1 is 0.512 bits per heavy atom. The monoisotopic (exact) mass is 566 g/mol. The maximum absolute atomic E-state index is 5.41. The molecule has 9 aromatic rings. The number of nitrogens with zero attached hydrogens (tertiary/aromatic N) is 4. The van der Waals surface area contributed by atoms with Crippen LogP contribution in [-0.2, 0) is 0 Å². The number of hydrogen-bond donors (Lipinski definition) is 0. The number of rotatable bonds is 2. The van der Waals surface area contributed by atoms with E-state index in [4.69, 9.17) is 9.97 Å². The predicted octanol–water partition coefficient (Wildman–Crippen LogP) is 9.96. The van der Waals surface area contributed by atoms with E-state index in [2.05, 4.69) is 143 Å². The summed E-state index contributed by atoms with van der Waals surface area (Å²) in [5.41, 5.74) is 7.58. The summed E-state index contributed by atoms with van der Waals surface area (Å²) in [5.74, 6) is 0.671. The van der Waals surface area contributed by atoms with Crippen LogP contribution in [-0.4, -0.2) is 19.1 Å². The van der Waals surface area contributed by atoms with E-state index in [1.165, 1.54) is 42.5 Å². The fraction of sp³-hybridized carbons (Fsp3) is 0. The van der Waals surface area contributed by atoms with Crippen LogP contribution in [0.5, 0.6) is 0 Å². The lowest BCUT2D eigenvalue weighted by Gasteiger charge is -2.20. The van der Waals surface area contributed by atoms with Crippen LogP contribution < -0.4 is 0 Å². The average Bonchev–Trinajstić information content (AvgIpc) is 3.59. The van der Waals surface area contributed by atoms with Gasteiger partial charge in [0.25, 0.3) is 0 Å². The van der Waals surface area contributed by atoms with Gasteiger partial charge in [-0.1, -0.05) is 115 Å². The molecule has 0 N–H and O–H groups in total. The van der Waals surface area contributed by atoms with Gasteiger partial charge in [-0.05, 0) is 35.7 Å². The molecule has 0 saturated carbocycles. The second-order valence-electron chi connectivity index (χ2n) is 11.0. The summed E-state index contributed by atoms with van der Waals surface area (Å²) in [7, 11) is 0. The molecule has 6 aromatic carbocycles.